The van der Waals surface area contributed by atoms with Crippen LogP contribution in [0.15, 0.2) is 28.7 Å². The lowest BCUT2D eigenvalue weighted by molar-refractivity contribution is 0.407. The van der Waals surface area contributed by atoms with Crippen LogP contribution in [0, 0.1) is 6.92 Å². The number of halogens is 1. The molecule has 0 aliphatic carbocycles. The molecule has 0 fully saturated rings. The highest BCUT2D eigenvalue weighted by Crippen LogP contribution is 2.35. The van der Waals surface area contributed by atoms with Crippen LogP contribution in [-0.2, 0) is 6.42 Å². The Labute approximate surface area is 126 Å². The number of benzene rings is 1. The maximum absolute atomic E-state index is 6.39. The van der Waals surface area contributed by atoms with Gasteiger partial charge in [-0.15, -0.1) is 11.3 Å². The van der Waals surface area contributed by atoms with Gasteiger partial charge in [-0.3, -0.25) is 0 Å². The zero-order valence-electron chi connectivity index (χ0n) is 11.4. The van der Waals surface area contributed by atoms with Crippen LogP contribution >= 0.6 is 27.3 Å². The minimum Gasteiger partial charge on any atom is -0.496 e. The highest BCUT2D eigenvalue weighted by Gasteiger charge is 2.17. The summed E-state index contributed by atoms with van der Waals surface area (Å²) in [5, 5.41) is 0. The van der Waals surface area contributed by atoms with Gasteiger partial charge in [0.25, 0.3) is 0 Å². The van der Waals surface area contributed by atoms with E-state index in [9.17, 15) is 0 Å². The first kappa shape index (κ1) is 14.6. The molecule has 1 aromatic carbocycles. The lowest BCUT2D eigenvalue weighted by Gasteiger charge is -2.16. The molecule has 0 radical (unpaired) electrons. The van der Waals surface area contributed by atoms with Crippen LogP contribution in [0.2, 0.25) is 0 Å². The van der Waals surface area contributed by atoms with Crippen molar-refractivity contribution < 1.29 is 4.74 Å². The number of aryl methyl sites for hydroxylation is 2. The maximum atomic E-state index is 6.39. The molecule has 0 spiro atoms. The van der Waals surface area contributed by atoms with E-state index in [0.717, 1.165) is 27.8 Å². The van der Waals surface area contributed by atoms with Gasteiger partial charge in [0.1, 0.15) is 5.75 Å². The van der Waals surface area contributed by atoms with E-state index >= 15 is 0 Å². The molecule has 2 N–H and O–H groups in total. The van der Waals surface area contributed by atoms with Crippen molar-refractivity contribution in [1.82, 2.24) is 0 Å². The third-order valence-electron chi connectivity index (χ3n) is 3.18. The van der Waals surface area contributed by atoms with E-state index in [-0.39, 0.29) is 6.04 Å². The molecule has 2 aromatic rings. The molecule has 0 bridgehead atoms. The average molecular weight is 340 g/mol. The molecule has 4 heteroatoms. The molecular formula is C15H18BrNOS. The van der Waals surface area contributed by atoms with Crippen LogP contribution < -0.4 is 10.5 Å². The molecule has 19 heavy (non-hydrogen) atoms. The summed E-state index contributed by atoms with van der Waals surface area (Å²) < 4.78 is 6.52. The maximum Gasteiger partial charge on any atom is 0.124 e. The molecular weight excluding hydrogens is 322 g/mol. The molecule has 1 aromatic heterocycles. The van der Waals surface area contributed by atoms with Crippen molar-refractivity contribution in [1.29, 1.82) is 0 Å². The largest absolute Gasteiger partial charge is 0.496 e. The number of hydrogen-bond donors (Lipinski definition) is 1. The molecule has 1 unspecified atom stereocenters. The number of methoxy groups -OCH3 is 1. The van der Waals surface area contributed by atoms with Gasteiger partial charge in [-0.05, 0) is 43.2 Å². The van der Waals surface area contributed by atoms with Crippen molar-refractivity contribution in [2.24, 2.45) is 5.73 Å². The van der Waals surface area contributed by atoms with Gasteiger partial charge in [0, 0.05) is 19.8 Å². The Hall–Kier alpha value is -0.840. The molecule has 102 valence electrons. The van der Waals surface area contributed by atoms with Crippen LogP contribution in [0.1, 0.15) is 33.8 Å². The summed E-state index contributed by atoms with van der Waals surface area (Å²) in [5.74, 6) is 0.847. The number of hydrogen-bond acceptors (Lipinski definition) is 3. The summed E-state index contributed by atoms with van der Waals surface area (Å²) in [7, 11) is 1.69. The Kier molecular flexibility index (Phi) is 4.66. The Bertz CT molecular complexity index is 580. The van der Waals surface area contributed by atoms with Crippen molar-refractivity contribution in [2.45, 2.75) is 26.3 Å². The predicted molar refractivity (Wildman–Crippen MR) is 85.2 cm³/mol. The first-order chi connectivity index (χ1) is 9.06. The van der Waals surface area contributed by atoms with Gasteiger partial charge in [0.05, 0.1) is 13.2 Å². The third-order valence-corrected chi connectivity index (χ3v) is 5.35. The molecule has 1 atom stereocenters. The number of nitrogens with two attached hydrogens (primary N) is 1. The van der Waals surface area contributed by atoms with E-state index in [1.165, 1.54) is 9.75 Å². The number of thiophene rings is 1. The summed E-state index contributed by atoms with van der Waals surface area (Å²) in [6.07, 6.45) is 1.05. The van der Waals surface area contributed by atoms with E-state index in [1.54, 1.807) is 18.4 Å². The van der Waals surface area contributed by atoms with E-state index < -0.39 is 0 Å². The molecule has 2 nitrogen and oxygen atoms in total. The van der Waals surface area contributed by atoms with Gasteiger partial charge in [-0.2, -0.15) is 0 Å². The van der Waals surface area contributed by atoms with Crippen molar-refractivity contribution in [3.8, 4) is 5.75 Å². The molecule has 0 saturated carbocycles. The van der Waals surface area contributed by atoms with Gasteiger partial charge in [0.15, 0.2) is 0 Å². The van der Waals surface area contributed by atoms with Crippen LogP contribution in [0.25, 0.3) is 0 Å². The summed E-state index contributed by atoms with van der Waals surface area (Å²) in [6.45, 7) is 4.20. The minimum absolute atomic E-state index is 0.142. The van der Waals surface area contributed by atoms with Crippen LogP contribution in [0.5, 0.6) is 5.75 Å². The summed E-state index contributed by atoms with van der Waals surface area (Å²) in [4.78, 5) is 2.53. The zero-order valence-corrected chi connectivity index (χ0v) is 13.8. The lowest BCUT2D eigenvalue weighted by Crippen LogP contribution is -2.12. The number of ether oxygens (including phenoxy) is 1. The Morgan fingerprint density at radius 2 is 2.11 bits per heavy atom. The first-order valence-electron chi connectivity index (χ1n) is 6.25. The van der Waals surface area contributed by atoms with Crippen molar-refractivity contribution in [2.75, 3.05) is 7.11 Å². The Balaban J connectivity index is 2.42. The predicted octanol–water partition coefficient (Wildman–Crippen LogP) is 4.44. The quantitative estimate of drug-likeness (QED) is 0.893. The second-order valence-corrected chi connectivity index (χ2v) is 6.53. The van der Waals surface area contributed by atoms with Crippen molar-refractivity contribution in [3.63, 3.8) is 0 Å². The monoisotopic (exact) mass is 339 g/mol. The molecule has 0 amide bonds. The fraction of sp³-hybridized carbons (Fsp3) is 0.333. The van der Waals surface area contributed by atoms with E-state index in [1.807, 2.05) is 13.0 Å². The zero-order chi connectivity index (χ0) is 14.0. The standard InChI is InChI=1S/C15H18BrNOS/c1-4-10-5-6-14(19-10)15(17)11-8-12(16)9(2)7-13(11)18-3/h5-8,15H,4,17H2,1-3H3. The van der Waals surface area contributed by atoms with Crippen molar-refractivity contribution >= 4 is 27.3 Å². The van der Waals surface area contributed by atoms with Gasteiger partial charge in [0.2, 0.25) is 0 Å². The second-order valence-electron chi connectivity index (χ2n) is 4.48. The Morgan fingerprint density at radius 3 is 2.68 bits per heavy atom. The summed E-state index contributed by atoms with van der Waals surface area (Å²) in [6, 6.07) is 8.20. The minimum atomic E-state index is -0.142. The molecule has 0 aliphatic heterocycles. The van der Waals surface area contributed by atoms with Gasteiger partial charge >= 0.3 is 0 Å². The van der Waals surface area contributed by atoms with E-state index in [4.69, 9.17) is 10.5 Å². The molecule has 1 heterocycles. The first-order valence-corrected chi connectivity index (χ1v) is 7.86. The Morgan fingerprint density at radius 1 is 1.37 bits per heavy atom. The van der Waals surface area contributed by atoms with Crippen LogP contribution in [-0.4, -0.2) is 7.11 Å². The van der Waals surface area contributed by atoms with E-state index in [2.05, 4.69) is 41.1 Å². The average Bonchev–Trinajstić information content (AvgIpc) is 2.89. The second kappa shape index (κ2) is 6.07. The SMILES string of the molecule is CCc1ccc(C(N)c2cc(Br)c(C)cc2OC)s1. The molecule has 2 rings (SSSR count). The third kappa shape index (κ3) is 3.02. The van der Waals surface area contributed by atoms with Gasteiger partial charge in [-0.1, -0.05) is 22.9 Å². The molecule has 0 saturated heterocycles. The van der Waals surface area contributed by atoms with Crippen molar-refractivity contribution in [3.05, 3.63) is 49.6 Å². The highest BCUT2D eigenvalue weighted by molar-refractivity contribution is 9.10. The van der Waals surface area contributed by atoms with E-state index in [0.29, 0.717) is 0 Å². The van der Waals surface area contributed by atoms with Crippen LogP contribution in [0.3, 0.4) is 0 Å². The smallest absolute Gasteiger partial charge is 0.124 e. The summed E-state index contributed by atoms with van der Waals surface area (Å²) >= 11 is 5.33. The normalized spacial score (nSPS) is 12.5. The summed E-state index contributed by atoms with van der Waals surface area (Å²) in [5.41, 5.74) is 8.55. The topological polar surface area (TPSA) is 35.2 Å². The van der Waals surface area contributed by atoms with Crippen LogP contribution in [0.4, 0.5) is 0 Å². The van der Waals surface area contributed by atoms with Gasteiger partial charge in [-0.25, -0.2) is 0 Å². The number of rotatable bonds is 4. The fourth-order valence-corrected chi connectivity index (χ4v) is 3.33. The van der Waals surface area contributed by atoms with Gasteiger partial charge < -0.3 is 10.5 Å². The highest BCUT2D eigenvalue weighted by atomic mass is 79.9. The molecule has 0 aliphatic rings. The lowest BCUT2D eigenvalue weighted by atomic mass is 10.0. The fourth-order valence-electron chi connectivity index (χ4n) is 2.00.